The zero-order chi connectivity index (χ0) is 15.3. The molecule has 3 nitrogen and oxygen atoms in total. The predicted octanol–water partition coefficient (Wildman–Crippen LogP) is 3.88. The summed E-state index contributed by atoms with van der Waals surface area (Å²) in [5.41, 5.74) is -4.14. The molecule has 108 valence electrons. The SMILES string of the molecule is CCOC(=O)Cc1cc(I)c(C#N)cc1SC(F)(F)F. The third-order valence-corrected chi connectivity index (χ3v) is 3.86. The molecule has 0 unspecified atom stereocenters. The smallest absolute Gasteiger partial charge is 0.446 e. The molecule has 8 heteroatoms. The minimum absolute atomic E-state index is 0.143. The summed E-state index contributed by atoms with van der Waals surface area (Å²) < 4.78 is 42.7. The lowest BCUT2D eigenvalue weighted by Crippen LogP contribution is -2.10. The van der Waals surface area contributed by atoms with Crippen LogP contribution in [0, 0.1) is 14.9 Å². The standard InChI is InChI=1S/C12H9F3INO2S/c1-2-19-11(18)5-7-3-9(16)8(6-17)4-10(7)20-12(13,14)15/h3-4H,2,5H2,1H3. The summed E-state index contributed by atoms with van der Waals surface area (Å²) >= 11 is 1.51. The van der Waals surface area contributed by atoms with E-state index in [0.29, 0.717) is 3.57 Å². The van der Waals surface area contributed by atoms with E-state index in [-0.39, 0.29) is 40.8 Å². The number of nitriles is 1. The topological polar surface area (TPSA) is 50.1 Å². The van der Waals surface area contributed by atoms with Crippen LogP contribution in [0.1, 0.15) is 18.1 Å². The van der Waals surface area contributed by atoms with Gasteiger partial charge in [0.15, 0.2) is 0 Å². The molecule has 0 aliphatic rings. The van der Waals surface area contributed by atoms with Crippen molar-refractivity contribution in [1.82, 2.24) is 0 Å². The van der Waals surface area contributed by atoms with Gasteiger partial charge in [-0.25, -0.2) is 0 Å². The van der Waals surface area contributed by atoms with Gasteiger partial charge in [-0.15, -0.1) is 0 Å². The number of hydrogen-bond donors (Lipinski definition) is 0. The van der Waals surface area contributed by atoms with E-state index in [1.54, 1.807) is 6.92 Å². The zero-order valence-corrected chi connectivity index (χ0v) is 13.2. The molecule has 0 radical (unpaired) electrons. The van der Waals surface area contributed by atoms with E-state index in [0.717, 1.165) is 6.07 Å². The summed E-state index contributed by atoms with van der Waals surface area (Å²) in [5, 5.41) is 8.86. The Kier molecular flexibility index (Phi) is 6.13. The molecule has 0 N–H and O–H groups in total. The number of carbonyl (C=O) groups is 1. The van der Waals surface area contributed by atoms with Crippen LogP contribution in [0.25, 0.3) is 0 Å². The molecule has 0 saturated heterocycles. The van der Waals surface area contributed by atoms with Crippen molar-refractivity contribution in [2.75, 3.05) is 6.61 Å². The molecule has 0 amide bonds. The molecule has 1 aromatic rings. The highest BCUT2D eigenvalue weighted by molar-refractivity contribution is 14.1. The van der Waals surface area contributed by atoms with Gasteiger partial charge in [0.25, 0.3) is 0 Å². The number of nitrogens with zero attached hydrogens (tertiary/aromatic N) is 1. The fourth-order valence-corrected chi connectivity index (χ4v) is 2.75. The lowest BCUT2D eigenvalue weighted by molar-refractivity contribution is -0.142. The number of thioether (sulfide) groups is 1. The van der Waals surface area contributed by atoms with Crippen LogP contribution in [0.3, 0.4) is 0 Å². The Hall–Kier alpha value is -0.950. The second-order valence-electron chi connectivity index (χ2n) is 3.58. The van der Waals surface area contributed by atoms with Gasteiger partial charge in [0.2, 0.25) is 0 Å². The first-order valence-electron chi connectivity index (χ1n) is 5.40. The summed E-state index contributed by atoms with van der Waals surface area (Å²) in [6, 6.07) is 4.38. The van der Waals surface area contributed by atoms with Gasteiger partial charge in [-0.1, -0.05) is 0 Å². The number of carbonyl (C=O) groups excluding carboxylic acids is 1. The van der Waals surface area contributed by atoms with Crippen LogP contribution in [-0.4, -0.2) is 18.1 Å². The number of halogens is 4. The summed E-state index contributed by atoms with van der Waals surface area (Å²) in [5.74, 6) is -0.600. The van der Waals surface area contributed by atoms with E-state index < -0.39 is 11.5 Å². The van der Waals surface area contributed by atoms with Gasteiger partial charge in [-0.05, 0) is 59.0 Å². The molecule has 0 heterocycles. The monoisotopic (exact) mass is 415 g/mol. The molecule has 0 atom stereocenters. The normalized spacial score (nSPS) is 11.0. The van der Waals surface area contributed by atoms with Gasteiger partial charge in [0.1, 0.15) is 6.07 Å². The van der Waals surface area contributed by atoms with Crippen molar-refractivity contribution in [2.24, 2.45) is 0 Å². The second kappa shape index (κ2) is 7.17. The largest absolute Gasteiger partial charge is 0.466 e. The van der Waals surface area contributed by atoms with Gasteiger partial charge in [0.05, 0.1) is 18.6 Å². The fourth-order valence-electron chi connectivity index (χ4n) is 1.41. The summed E-state index contributed by atoms with van der Waals surface area (Å²) in [7, 11) is 0. The van der Waals surface area contributed by atoms with Gasteiger partial charge >= 0.3 is 11.5 Å². The van der Waals surface area contributed by atoms with E-state index in [4.69, 9.17) is 10.00 Å². The molecule has 0 saturated carbocycles. The highest BCUT2D eigenvalue weighted by Gasteiger charge is 2.31. The van der Waals surface area contributed by atoms with Crippen molar-refractivity contribution >= 4 is 40.3 Å². The number of hydrogen-bond acceptors (Lipinski definition) is 4. The molecule has 1 aromatic carbocycles. The van der Waals surface area contributed by atoms with Crippen molar-refractivity contribution in [2.45, 2.75) is 23.7 Å². The van der Waals surface area contributed by atoms with Gasteiger partial charge in [-0.3, -0.25) is 4.79 Å². The molecule has 1 rings (SSSR count). The Morgan fingerprint density at radius 2 is 2.15 bits per heavy atom. The number of alkyl halides is 3. The van der Waals surface area contributed by atoms with Crippen molar-refractivity contribution in [1.29, 1.82) is 5.26 Å². The minimum atomic E-state index is -4.48. The van der Waals surface area contributed by atoms with Crippen molar-refractivity contribution < 1.29 is 22.7 Å². The van der Waals surface area contributed by atoms with Crippen LogP contribution in [0.5, 0.6) is 0 Å². The summed E-state index contributed by atoms with van der Waals surface area (Å²) in [6.45, 7) is 1.78. The highest BCUT2D eigenvalue weighted by atomic mass is 127. The quantitative estimate of drug-likeness (QED) is 0.426. The van der Waals surface area contributed by atoms with Crippen LogP contribution in [0.15, 0.2) is 17.0 Å². The van der Waals surface area contributed by atoms with E-state index in [9.17, 15) is 18.0 Å². The summed E-state index contributed by atoms with van der Waals surface area (Å²) in [6.07, 6.45) is -0.256. The molecule has 0 aliphatic carbocycles. The summed E-state index contributed by atoms with van der Waals surface area (Å²) in [4.78, 5) is 11.3. The average molecular weight is 415 g/mol. The Morgan fingerprint density at radius 3 is 2.65 bits per heavy atom. The van der Waals surface area contributed by atoms with Crippen LogP contribution in [0.2, 0.25) is 0 Å². The van der Waals surface area contributed by atoms with Crippen LogP contribution in [0.4, 0.5) is 13.2 Å². The number of esters is 1. The maximum absolute atomic E-state index is 12.5. The van der Waals surface area contributed by atoms with Crippen molar-refractivity contribution in [3.05, 3.63) is 26.8 Å². The van der Waals surface area contributed by atoms with Crippen molar-refractivity contribution in [3.8, 4) is 6.07 Å². The van der Waals surface area contributed by atoms with E-state index >= 15 is 0 Å². The Labute approximate surface area is 131 Å². The van der Waals surface area contributed by atoms with E-state index in [2.05, 4.69) is 0 Å². The molecule has 20 heavy (non-hydrogen) atoms. The Morgan fingerprint density at radius 1 is 1.50 bits per heavy atom. The molecular formula is C12H9F3INO2S. The van der Waals surface area contributed by atoms with Crippen LogP contribution >= 0.6 is 34.4 Å². The minimum Gasteiger partial charge on any atom is -0.466 e. The van der Waals surface area contributed by atoms with Crippen molar-refractivity contribution in [3.63, 3.8) is 0 Å². The van der Waals surface area contributed by atoms with Crippen LogP contribution < -0.4 is 0 Å². The molecule has 0 aromatic heterocycles. The first-order chi connectivity index (χ1) is 9.26. The second-order valence-corrected chi connectivity index (χ2v) is 5.85. The lowest BCUT2D eigenvalue weighted by atomic mass is 10.1. The zero-order valence-electron chi connectivity index (χ0n) is 10.3. The molecular weight excluding hydrogens is 406 g/mol. The maximum Gasteiger partial charge on any atom is 0.446 e. The molecule has 0 aliphatic heterocycles. The van der Waals surface area contributed by atoms with Gasteiger partial charge in [0, 0.05) is 8.47 Å². The molecule has 0 fully saturated rings. The van der Waals surface area contributed by atoms with Gasteiger partial charge < -0.3 is 4.74 Å². The average Bonchev–Trinajstić information content (AvgIpc) is 2.31. The lowest BCUT2D eigenvalue weighted by Gasteiger charge is -2.12. The van der Waals surface area contributed by atoms with Gasteiger partial charge in [-0.2, -0.15) is 18.4 Å². The third-order valence-electron chi connectivity index (χ3n) is 2.14. The maximum atomic E-state index is 12.5. The Bertz CT molecular complexity index is 555. The highest BCUT2D eigenvalue weighted by Crippen LogP contribution is 2.39. The first-order valence-corrected chi connectivity index (χ1v) is 7.30. The number of rotatable bonds is 4. The first kappa shape index (κ1) is 17.1. The predicted molar refractivity (Wildman–Crippen MR) is 76.1 cm³/mol. The molecule has 0 bridgehead atoms. The molecule has 0 spiro atoms. The van der Waals surface area contributed by atoms with Crippen LogP contribution in [-0.2, 0) is 16.0 Å². The Balaban J connectivity index is 3.16. The van der Waals surface area contributed by atoms with E-state index in [1.807, 2.05) is 28.7 Å². The van der Waals surface area contributed by atoms with E-state index in [1.165, 1.54) is 6.07 Å². The fraction of sp³-hybridized carbons (Fsp3) is 0.333. The number of benzene rings is 1. The third kappa shape index (κ3) is 5.20. The number of ether oxygens (including phenoxy) is 1.